The standard InChI is InChI=1S/C23H30Si/c1-22(2,3)16-9-10-17-15(13-16)14-19-18(17)11-12-20(23(4,5)6)21(19)24(7)8/h9-14H,1-8H3. The van der Waals surface area contributed by atoms with Gasteiger partial charge in [-0.25, -0.2) is 0 Å². The SMILES string of the molecule is C[Si](C)=c1c(C(C)(C)C)ccc2c1=Cc1cc(C(C)(C)C)ccc1-2. The second kappa shape index (κ2) is 5.52. The molecule has 0 bridgehead atoms. The normalized spacial score (nSPS) is 13.3. The minimum Gasteiger partial charge on any atom is -0.0578 e. The van der Waals surface area contributed by atoms with Crippen LogP contribution in [0.5, 0.6) is 0 Å². The van der Waals surface area contributed by atoms with Crippen LogP contribution in [0.1, 0.15) is 58.2 Å². The molecule has 1 heteroatoms. The van der Waals surface area contributed by atoms with Crippen LogP contribution >= 0.6 is 0 Å². The molecule has 1 aliphatic rings. The van der Waals surface area contributed by atoms with E-state index in [0.29, 0.717) is 0 Å². The lowest BCUT2D eigenvalue weighted by Gasteiger charge is -2.22. The van der Waals surface area contributed by atoms with Crippen molar-refractivity contribution in [2.24, 2.45) is 0 Å². The second-order valence-electron chi connectivity index (χ2n) is 9.40. The first-order valence-corrected chi connectivity index (χ1v) is 11.5. The topological polar surface area (TPSA) is 0 Å². The van der Waals surface area contributed by atoms with E-state index < -0.39 is 8.41 Å². The molecule has 0 nitrogen and oxygen atoms in total. The van der Waals surface area contributed by atoms with Crippen LogP contribution < -0.4 is 5.22 Å². The van der Waals surface area contributed by atoms with Crippen LogP contribution in [-0.2, 0) is 10.8 Å². The molecule has 0 radical (unpaired) electrons. The number of hydrogen-bond acceptors (Lipinski definition) is 0. The summed E-state index contributed by atoms with van der Waals surface area (Å²) in [7, 11) is -0.534. The molecule has 0 aromatic heterocycles. The molecule has 3 rings (SSSR count). The lowest BCUT2D eigenvalue weighted by molar-refractivity contribution is 0.587. The number of benzene rings is 2. The molecule has 0 N–H and O–H groups in total. The molecule has 0 amide bonds. The van der Waals surface area contributed by atoms with Gasteiger partial charge in [0.2, 0.25) is 0 Å². The third-order valence-electron chi connectivity index (χ3n) is 5.06. The van der Waals surface area contributed by atoms with Gasteiger partial charge in [-0.2, -0.15) is 0 Å². The van der Waals surface area contributed by atoms with E-state index >= 15 is 0 Å². The number of hydrogen-bond donors (Lipinski definition) is 0. The van der Waals surface area contributed by atoms with Gasteiger partial charge in [-0.05, 0) is 54.8 Å². The van der Waals surface area contributed by atoms with Gasteiger partial charge in [0.25, 0.3) is 0 Å². The van der Waals surface area contributed by atoms with Crippen molar-refractivity contribution in [3.8, 4) is 11.1 Å². The zero-order chi connectivity index (χ0) is 17.9. The summed E-state index contributed by atoms with van der Waals surface area (Å²) < 4.78 is 0. The summed E-state index contributed by atoms with van der Waals surface area (Å²) in [6, 6.07) is 11.8. The third kappa shape index (κ3) is 2.84. The maximum atomic E-state index is 2.45. The summed E-state index contributed by atoms with van der Waals surface area (Å²) >= 11 is 0. The zero-order valence-corrected chi connectivity index (χ0v) is 17.5. The first kappa shape index (κ1) is 17.4. The van der Waals surface area contributed by atoms with E-state index in [1.165, 1.54) is 33.0 Å². The van der Waals surface area contributed by atoms with Crippen molar-refractivity contribution in [2.75, 3.05) is 0 Å². The van der Waals surface area contributed by atoms with E-state index in [9.17, 15) is 0 Å². The van der Waals surface area contributed by atoms with Crippen LogP contribution in [0.2, 0.25) is 13.1 Å². The summed E-state index contributed by atoms with van der Waals surface area (Å²) in [4.78, 5) is 1.62. The van der Waals surface area contributed by atoms with Gasteiger partial charge < -0.3 is 0 Å². The van der Waals surface area contributed by atoms with E-state index in [1.807, 2.05) is 0 Å². The van der Waals surface area contributed by atoms with E-state index in [4.69, 9.17) is 0 Å². The lowest BCUT2D eigenvalue weighted by atomic mass is 9.84. The van der Waals surface area contributed by atoms with Crippen LogP contribution in [0.15, 0.2) is 30.3 Å². The maximum Gasteiger partial charge on any atom is 0.0140 e. The number of rotatable bonds is 0. The summed E-state index contributed by atoms with van der Waals surface area (Å²) in [5.41, 5.74) is 7.57. The van der Waals surface area contributed by atoms with Gasteiger partial charge >= 0.3 is 0 Å². The Hall–Kier alpha value is -1.47. The van der Waals surface area contributed by atoms with E-state index in [2.05, 4.69) is 91.0 Å². The summed E-state index contributed by atoms with van der Waals surface area (Å²) in [6.45, 7) is 18.7. The van der Waals surface area contributed by atoms with E-state index in [-0.39, 0.29) is 10.8 Å². The van der Waals surface area contributed by atoms with Crippen molar-refractivity contribution < 1.29 is 0 Å². The molecule has 0 saturated heterocycles. The Morgan fingerprint density at radius 1 is 0.750 bits per heavy atom. The molecule has 2 aromatic rings. The molecular formula is C23H30Si. The molecule has 0 saturated carbocycles. The Bertz CT molecular complexity index is 928. The van der Waals surface area contributed by atoms with Gasteiger partial charge in [-0.3, -0.25) is 0 Å². The lowest BCUT2D eigenvalue weighted by Crippen LogP contribution is -2.20. The monoisotopic (exact) mass is 334 g/mol. The van der Waals surface area contributed by atoms with Gasteiger partial charge in [0.05, 0.1) is 0 Å². The van der Waals surface area contributed by atoms with Gasteiger partial charge in [0.15, 0.2) is 0 Å². The minimum atomic E-state index is -0.534. The third-order valence-corrected chi connectivity index (χ3v) is 6.60. The van der Waals surface area contributed by atoms with E-state index in [1.54, 1.807) is 4.81 Å². The maximum absolute atomic E-state index is 2.45. The van der Waals surface area contributed by atoms with Gasteiger partial charge in [0, 0.05) is 8.41 Å². The predicted octanol–water partition coefficient (Wildman–Crippen LogP) is 5.68. The molecule has 0 fully saturated rings. The molecule has 0 atom stereocenters. The molecule has 126 valence electrons. The van der Waals surface area contributed by atoms with Gasteiger partial charge in [-0.15, -0.1) is 0 Å². The van der Waals surface area contributed by atoms with Crippen molar-refractivity contribution >= 4 is 14.5 Å². The molecule has 1 aliphatic carbocycles. The molecule has 24 heavy (non-hydrogen) atoms. The average molecular weight is 335 g/mol. The van der Waals surface area contributed by atoms with Crippen LogP contribution in [0.25, 0.3) is 17.2 Å². The highest BCUT2D eigenvalue weighted by Crippen LogP contribution is 2.33. The first-order chi connectivity index (χ1) is 11.0. The molecule has 2 aromatic carbocycles. The number of fused-ring (bicyclic) bond motifs is 3. The largest absolute Gasteiger partial charge is 0.0578 e. The molecule has 0 unspecified atom stereocenters. The summed E-state index contributed by atoms with van der Waals surface area (Å²) in [5.74, 6) is 0. The van der Waals surface area contributed by atoms with Crippen LogP contribution in [-0.4, -0.2) is 8.41 Å². The van der Waals surface area contributed by atoms with Crippen molar-refractivity contribution in [3.63, 3.8) is 0 Å². The fourth-order valence-electron chi connectivity index (χ4n) is 3.72. The summed E-state index contributed by atoms with van der Waals surface area (Å²) in [6.07, 6.45) is 2.45. The summed E-state index contributed by atoms with van der Waals surface area (Å²) in [5, 5.41) is 1.49. The van der Waals surface area contributed by atoms with Gasteiger partial charge in [-0.1, -0.05) is 85.0 Å². The second-order valence-corrected chi connectivity index (χ2v) is 11.9. The average Bonchev–Trinajstić information content (AvgIpc) is 2.81. The highest BCUT2D eigenvalue weighted by Gasteiger charge is 2.22. The Morgan fingerprint density at radius 2 is 1.38 bits per heavy atom. The Morgan fingerprint density at radius 3 is 1.92 bits per heavy atom. The Balaban J connectivity index is 2.36. The predicted molar refractivity (Wildman–Crippen MR) is 109 cm³/mol. The molecular weight excluding hydrogens is 304 g/mol. The Kier molecular flexibility index (Phi) is 3.99. The molecule has 0 spiro atoms. The fraction of sp³-hybridized carbons (Fsp3) is 0.435. The minimum absolute atomic E-state index is 0.196. The van der Waals surface area contributed by atoms with Crippen molar-refractivity contribution in [2.45, 2.75) is 65.5 Å². The smallest absolute Gasteiger partial charge is 0.0140 e. The zero-order valence-electron chi connectivity index (χ0n) is 16.5. The van der Waals surface area contributed by atoms with Crippen LogP contribution in [0.4, 0.5) is 0 Å². The highest BCUT2D eigenvalue weighted by atomic mass is 28.2. The highest BCUT2D eigenvalue weighted by molar-refractivity contribution is 6.47. The van der Waals surface area contributed by atoms with Crippen molar-refractivity contribution in [1.82, 2.24) is 0 Å². The van der Waals surface area contributed by atoms with Crippen LogP contribution in [0, 0.1) is 4.81 Å². The van der Waals surface area contributed by atoms with Gasteiger partial charge in [0.1, 0.15) is 0 Å². The quantitative estimate of drug-likeness (QED) is 0.464. The fourth-order valence-corrected chi connectivity index (χ4v) is 5.46. The van der Waals surface area contributed by atoms with Crippen LogP contribution in [0.3, 0.4) is 0 Å². The molecule has 0 heterocycles. The molecule has 0 aliphatic heterocycles. The Labute approximate surface area is 148 Å². The van der Waals surface area contributed by atoms with Crippen molar-refractivity contribution in [1.29, 1.82) is 0 Å². The first-order valence-electron chi connectivity index (χ1n) is 8.98. The van der Waals surface area contributed by atoms with Crippen molar-refractivity contribution in [3.05, 3.63) is 57.1 Å². The van der Waals surface area contributed by atoms with E-state index in [0.717, 1.165) is 0 Å².